The highest BCUT2D eigenvalue weighted by atomic mass is 16.5. The Morgan fingerprint density at radius 3 is 2.70 bits per heavy atom. The van der Waals surface area contributed by atoms with E-state index >= 15 is 0 Å². The van der Waals surface area contributed by atoms with Crippen molar-refractivity contribution in [1.29, 1.82) is 0 Å². The lowest BCUT2D eigenvalue weighted by Gasteiger charge is -2.04. The molecule has 2 heterocycles. The third-order valence-corrected chi connectivity index (χ3v) is 3.05. The van der Waals surface area contributed by atoms with E-state index in [9.17, 15) is 4.79 Å². The van der Waals surface area contributed by atoms with E-state index in [0.717, 1.165) is 16.9 Å². The molecule has 1 aromatic carbocycles. The molecule has 4 heteroatoms. The van der Waals surface area contributed by atoms with E-state index in [-0.39, 0.29) is 0 Å². The second kappa shape index (κ2) is 5.17. The van der Waals surface area contributed by atoms with Crippen LogP contribution in [0.4, 0.5) is 0 Å². The molecule has 4 nitrogen and oxygen atoms in total. The van der Waals surface area contributed by atoms with Gasteiger partial charge in [-0.2, -0.15) is 0 Å². The van der Waals surface area contributed by atoms with Gasteiger partial charge in [-0.1, -0.05) is 36.4 Å². The first kappa shape index (κ1) is 12.4. The number of esters is 1. The zero-order valence-electron chi connectivity index (χ0n) is 11.1. The van der Waals surface area contributed by atoms with Gasteiger partial charge in [-0.3, -0.25) is 4.40 Å². The van der Waals surface area contributed by atoms with Crippen molar-refractivity contribution in [3.05, 3.63) is 60.4 Å². The Hall–Kier alpha value is -2.62. The number of imidazole rings is 1. The highest BCUT2D eigenvalue weighted by Gasteiger charge is 2.13. The first-order valence-corrected chi connectivity index (χ1v) is 6.50. The molecule has 0 amide bonds. The summed E-state index contributed by atoms with van der Waals surface area (Å²) in [5.41, 5.74) is 3.13. The Bertz CT molecular complexity index is 748. The minimum atomic E-state index is -0.393. The van der Waals surface area contributed by atoms with Crippen LogP contribution in [0.2, 0.25) is 0 Å². The molecule has 0 aliphatic rings. The van der Waals surface area contributed by atoms with E-state index in [1.807, 2.05) is 52.9 Å². The van der Waals surface area contributed by atoms with E-state index in [1.165, 1.54) is 0 Å². The summed E-state index contributed by atoms with van der Waals surface area (Å²) in [5, 5.41) is 0. The highest BCUT2D eigenvalue weighted by molar-refractivity contribution is 5.88. The van der Waals surface area contributed by atoms with Crippen LogP contribution in [-0.4, -0.2) is 22.0 Å². The van der Waals surface area contributed by atoms with Crippen molar-refractivity contribution in [2.45, 2.75) is 6.92 Å². The summed E-state index contributed by atoms with van der Waals surface area (Å²) in [7, 11) is 0. The maximum Gasteiger partial charge on any atom is 0.358 e. The van der Waals surface area contributed by atoms with Crippen LogP contribution in [0.1, 0.15) is 17.4 Å². The number of carbonyl (C=O) groups excluding carboxylic acids is 1. The van der Waals surface area contributed by atoms with Crippen molar-refractivity contribution in [2.75, 3.05) is 6.61 Å². The lowest BCUT2D eigenvalue weighted by Crippen LogP contribution is -2.04. The minimum absolute atomic E-state index is 0.329. The van der Waals surface area contributed by atoms with E-state index in [0.29, 0.717) is 12.3 Å². The topological polar surface area (TPSA) is 43.6 Å². The third kappa shape index (κ3) is 2.16. The van der Waals surface area contributed by atoms with Crippen LogP contribution in [0.25, 0.3) is 16.9 Å². The number of nitrogens with zero attached hydrogens (tertiary/aromatic N) is 2. The van der Waals surface area contributed by atoms with Crippen LogP contribution in [0.5, 0.6) is 0 Å². The molecule has 0 radical (unpaired) electrons. The van der Waals surface area contributed by atoms with Gasteiger partial charge in [-0.25, -0.2) is 9.78 Å². The summed E-state index contributed by atoms with van der Waals surface area (Å²) >= 11 is 0. The Morgan fingerprint density at radius 2 is 1.95 bits per heavy atom. The van der Waals surface area contributed by atoms with Crippen molar-refractivity contribution in [3.8, 4) is 11.3 Å². The maximum absolute atomic E-state index is 11.8. The number of fused-ring (bicyclic) bond motifs is 1. The van der Waals surface area contributed by atoms with Gasteiger partial charge in [0.2, 0.25) is 0 Å². The quantitative estimate of drug-likeness (QED) is 0.684. The smallest absolute Gasteiger partial charge is 0.358 e. The molecular weight excluding hydrogens is 252 g/mol. The summed E-state index contributed by atoms with van der Waals surface area (Å²) in [6.45, 7) is 2.13. The molecule has 0 saturated carbocycles. The van der Waals surface area contributed by atoms with E-state index < -0.39 is 5.97 Å². The number of hydrogen-bond acceptors (Lipinski definition) is 3. The number of benzene rings is 1. The average molecular weight is 266 g/mol. The largest absolute Gasteiger partial charge is 0.461 e. The predicted octanol–water partition coefficient (Wildman–Crippen LogP) is 3.18. The average Bonchev–Trinajstić information content (AvgIpc) is 2.92. The van der Waals surface area contributed by atoms with Crippen molar-refractivity contribution in [2.24, 2.45) is 0 Å². The molecular formula is C16H14N2O2. The number of aromatic nitrogens is 2. The van der Waals surface area contributed by atoms with Gasteiger partial charge >= 0.3 is 5.97 Å². The second-order valence-electron chi connectivity index (χ2n) is 4.35. The lowest BCUT2D eigenvalue weighted by molar-refractivity contribution is 0.0520. The van der Waals surface area contributed by atoms with Crippen molar-refractivity contribution >= 4 is 11.6 Å². The fraction of sp³-hybridized carbons (Fsp3) is 0.125. The number of pyridine rings is 1. The summed E-state index contributed by atoms with van der Waals surface area (Å²) in [6, 6.07) is 15.8. The standard InChI is InChI=1S/C16H14N2O2/c1-2-20-16(19)13-11-18-14(9-6-10-15(18)17-13)12-7-4-3-5-8-12/h3-11H,2H2,1H3. The molecule has 3 aromatic rings. The first-order chi connectivity index (χ1) is 9.79. The van der Waals surface area contributed by atoms with E-state index in [4.69, 9.17) is 4.74 Å². The molecule has 0 saturated heterocycles. The summed E-state index contributed by atoms with van der Waals surface area (Å²) in [6.07, 6.45) is 1.72. The monoisotopic (exact) mass is 266 g/mol. The summed E-state index contributed by atoms with van der Waals surface area (Å²) in [5.74, 6) is -0.393. The van der Waals surface area contributed by atoms with Gasteiger partial charge in [0, 0.05) is 6.20 Å². The van der Waals surface area contributed by atoms with Crippen LogP contribution >= 0.6 is 0 Å². The molecule has 0 N–H and O–H groups in total. The SMILES string of the molecule is CCOC(=O)c1cn2c(-c3ccccc3)cccc2n1. The van der Waals surface area contributed by atoms with Crippen LogP contribution in [0, 0.1) is 0 Å². The minimum Gasteiger partial charge on any atom is -0.461 e. The van der Waals surface area contributed by atoms with Crippen LogP contribution in [-0.2, 0) is 4.74 Å². The molecule has 100 valence electrons. The second-order valence-corrected chi connectivity index (χ2v) is 4.35. The van der Waals surface area contributed by atoms with Crippen molar-refractivity contribution < 1.29 is 9.53 Å². The molecule has 0 atom stereocenters. The lowest BCUT2D eigenvalue weighted by atomic mass is 10.1. The first-order valence-electron chi connectivity index (χ1n) is 6.50. The van der Waals surface area contributed by atoms with Crippen LogP contribution in [0.15, 0.2) is 54.7 Å². The highest BCUT2D eigenvalue weighted by Crippen LogP contribution is 2.21. The van der Waals surface area contributed by atoms with Gasteiger partial charge in [-0.05, 0) is 24.6 Å². The molecule has 3 rings (SSSR count). The fourth-order valence-corrected chi connectivity index (χ4v) is 2.16. The molecule has 0 bridgehead atoms. The van der Waals surface area contributed by atoms with Crippen molar-refractivity contribution in [1.82, 2.24) is 9.38 Å². The van der Waals surface area contributed by atoms with Crippen LogP contribution in [0.3, 0.4) is 0 Å². The Balaban J connectivity index is 2.13. The molecule has 0 fully saturated rings. The summed E-state index contributed by atoms with van der Waals surface area (Å²) < 4.78 is 6.89. The fourth-order valence-electron chi connectivity index (χ4n) is 2.16. The Labute approximate surface area is 116 Å². The van der Waals surface area contributed by atoms with Gasteiger partial charge in [0.15, 0.2) is 5.69 Å². The van der Waals surface area contributed by atoms with E-state index in [2.05, 4.69) is 4.98 Å². The third-order valence-electron chi connectivity index (χ3n) is 3.05. The van der Waals surface area contributed by atoms with Gasteiger partial charge in [-0.15, -0.1) is 0 Å². The van der Waals surface area contributed by atoms with Gasteiger partial charge < -0.3 is 4.74 Å². The molecule has 0 spiro atoms. The summed E-state index contributed by atoms with van der Waals surface area (Å²) in [4.78, 5) is 16.1. The number of ether oxygens (including phenoxy) is 1. The number of rotatable bonds is 3. The van der Waals surface area contributed by atoms with E-state index in [1.54, 1.807) is 13.1 Å². The molecule has 0 unspecified atom stereocenters. The normalized spacial score (nSPS) is 10.7. The van der Waals surface area contributed by atoms with Gasteiger partial charge in [0.1, 0.15) is 5.65 Å². The Kier molecular flexibility index (Phi) is 3.21. The molecule has 0 aliphatic heterocycles. The van der Waals surface area contributed by atoms with Crippen molar-refractivity contribution in [3.63, 3.8) is 0 Å². The number of carbonyl (C=O) groups is 1. The molecule has 2 aromatic heterocycles. The zero-order valence-corrected chi connectivity index (χ0v) is 11.1. The van der Waals surface area contributed by atoms with Gasteiger partial charge in [0.25, 0.3) is 0 Å². The Morgan fingerprint density at radius 1 is 1.15 bits per heavy atom. The van der Waals surface area contributed by atoms with Gasteiger partial charge in [0.05, 0.1) is 12.3 Å². The van der Waals surface area contributed by atoms with Crippen LogP contribution < -0.4 is 0 Å². The molecule has 0 aliphatic carbocycles. The molecule has 20 heavy (non-hydrogen) atoms. The predicted molar refractivity (Wildman–Crippen MR) is 76.6 cm³/mol. The number of hydrogen-bond donors (Lipinski definition) is 0. The zero-order chi connectivity index (χ0) is 13.9. The maximum atomic E-state index is 11.8.